The van der Waals surface area contributed by atoms with E-state index in [1.54, 1.807) is 6.33 Å². The topological polar surface area (TPSA) is 42.7 Å². The van der Waals surface area contributed by atoms with Crippen molar-refractivity contribution in [3.8, 4) is 0 Å². The molecule has 1 aromatic heterocycles. The summed E-state index contributed by atoms with van der Waals surface area (Å²) in [4.78, 5) is 4.42. The monoisotopic (exact) mass is 252 g/mol. The van der Waals surface area contributed by atoms with Gasteiger partial charge in [-0.1, -0.05) is 40.5 Å². The summed E-state index contributed by atoms with van der Waals surface area (Å²) >= 11 is 0. The van der Waals surface area contributed by atoms with Crippen LogP contribution in [0.15, 0.2) is 6.33 Å². The lowest BCUT2D eigenvalue weighted by atomic mass is 9.91. The Kier molecular flexibility index (Phi) is 6.94. The first kappa shape index (κ1) is 15.2. The first-order valence-electron chi connectivity index (χ1n) is 7.36. The van der Waals surface area contributed by atoms with Crippen LogP contribution in [0.1, 0.15) is 52.8 Å². The second-order valence-corrected chi connectivity index (χ2v) is 4.84. The maximum Gasteiger partial charge on any atom is 0.138 e. The third kappa shape index (κ3) is 4.09. The van der Waals surface area contributed by atoms with E-state index >= 15 is 0 Å². The largest absolute Gasteiger partial charge is 0.314 e. The van der Waals surface area contributed by atoms with E-state index in [1.165, 1.54) is 12.8 Å². The van der Waals surface area contributed by atoms with E-state index < -0.39 is 0 Å². The molecule has 1 aromatic rings. The van der Waals surface area contributed by atoms with Crippen molar-refractivity contribution in [1.29, 1.82) is 0 Å². The molecule has 0 aliphatic heterocycles. The van der Waals surface area contributed by atoms with Gasteiger partial charge in [0.1, 0.15) is 12.2 Å². The van der Waals surface area contributed by atoms with Gasteiger partial charge in [0.15, 0.2) is 0 Å². The summed E-state index contributed by atoms with van der Waals surface area (Å²) in [6, 6.07) is 0.518. The van der Waals surface area contributed by atoms with Gasteiger partial charge in [0.25, 0.3) is 0 Å². The third-order valence-corrected chi connectivity index (χ3v) is 3.62. The van der Waals surface area contributed by atoms with Crippen LogP contribution in [-0.2, 0) is 13.0 Å². The number of hydrogen-bond acceptors (Lipinski definition) is 3. The lowest BCUT2D eigenvalue weighted by Gasteiger charge is -2.25. The maximum atomic E-state index is 4.42. The molecular weight excluding hydrogens is 224 g/mol. The normalized spacial score (nSPS) is 13.2. The summed E-state index contributed by atoms with van der Waals surface area (Å²) in [7, 11) is 0. The Morgan fingerprint density at radius 2 is 1.94 bits per heavy atom. The molecule has 1 unspecified atom stereocenters. The molecule has 0 spiro atoms. The standard InChI is InChI=1S/C14H28N4/c1-5-9-18-14(16-11-17-18)10-13(15-8-4)12(6-2)7-3/h11-13,15H,5-10H2,1-4H3. The molecule has 0 radical (unpaired) electrons. The zero-order chi connectivity index (χ0) is 13.4. The molecule has 0 aliphatic rings. The van der Waals surface area contributed by atoms with Crippen LogP contribution in [0.3, 0.4) is 0 Å². The van der Waals surface area contributed by atoms with Crippen LogP contribution in [0.5, 0.6) is 0 Å². The molecule has 4 heteroatoms. The second-order valence-electron chi connectivity index (χ2n) is 4.84. The van der Waals surface area contributed by atoms with Gasteiger partial charge in [-0.3, -0.25) is 4.68 Å². The summed E-state index contributed by atoms with van der Waals surface area (Å²) < 4.78 is 2.05. The summed E-state index contributed by atoms with van der Waals surface area (Å²) in [6.45, 7) is 10.9. The van der Waals surface area contributed by atoms with Crippen molar-refractivity contribution in [2.75, 3.05) is 6.54 Å². The van der Waals surface area contributed by atoms with Gasteiger partial charge in [0.2, 0.25) is 0 Å². The maximum absolute atomic E-state index is 4.42. The number of aryl methyl sites for hydroxylation is 1. The fraction of sp³-hybridized carbons (Fsp3) is 0.857. The van der Waals surface area contributed by atoms with Gasteiger partial charge in [0, 0.05) is 19.0 Å². The van der Waals surface area contributed by atoms with Crippen LogP contribution < -0.4 is 5.32 Å². The van der Waals surface area contributed by atoms with Crippen molar-refractivity contribution in [3.63, 3.8) is 0 Å². The van der Waals surface area contributed by atoms with Crippen molar-refractivity contribution >= 4 is 0 Å². The van der Waals surface area contributed by atoms with Gasteiger partial charge in [-0.05, 0) is 18.9 Å². The molecule has 1 atom stereocenters. The van der Waals surface area contributed by atoms with Crippen molar-refractivity contribution < 1.29 is 0 Å². The van der Waals surface area contributed by atoms with Gasteiger partial charge in [-0.15, -0.1) is 0 Å². The summed E-state index contributed by atoms with van der Waals surface area (Å²) in [6.07, 6.45) is 6.21. The lowest BCUT2D eigenvalue weighted by Crippen LogP contribution is -2.38. The van der Waals surface area contributed by atoms with Gasteiger partial charge < -0.3 is 5.32 Å². The van der Waals surface area contributed by atoms with E-state index in [0.717, 1.165) is 37.7 Å². The van der Waals surface area contributed by atoms with Crippen LogP contribution in [0, 0.1) is 5.92 Å². The van der Waals surface area contributed by atoms with E-state index in [9.17, 15) is 0 Å². The van der Waals surface area contributed by atoms with Crippen LogP contribution in [0.25, 0.3) is 0 Å². The van der Waals surface area contributed by atoms with Crippen LogP contribution in [-0.4, -0.2) is 27.4 Å². The Labute approximate surface area is 111 Å². The third-order valence-electron chi connectivity index (χ3n) is 3.62. The average molecular weight is 252 g/mol. The molecule has 0 bridgehead atoms. The molecule has 4 nitrogen and oxygen atoms in total. The molecule has 0 saturated carbocycles. The fourth-order valence-corrected chi connectivity index (χ4v) is 2.57. The first-order valence-corrected chi connectivity index (χ1v) is 7.36. The zero-order valence-electron chi connectivity index (χ0n) is 12.3. The zero-order valence-corrected chi connectivity index (χ0v) is 12.3. The minimum Gasteiger partial charge on any atom is -0.314 e. The molecule has 18 heavy (non-hydrogen) atoms. The molecule has 1 heterocycles. The molecule has 1 N–H and O–H groups in total. The Bertz CT molecular complexity index is 317. The number of nitrogens with zero attached hydrogens (tertiary/aromatic N) is 3. The number of likely N-dealkylation sites (N-methyl/N-ethyl adjacent to an activating group) is 1. The van der Waals surface area contributed by atoms with E-state index in [1.807, 2.05) is 4.68 Å². The Balaban J connectivity index is 2.72. The predicted molar refractivity (Wildman–Crippen MR) is 75.6 cm³/mol. The molecule has 0 fully saturated rings. The number of aromatic nitrogens is 3. The quantitative estimate of drug-likeness (QED) is 0.734. The average Bonchev–Trinajstić information content (AvgIpc) is 2.79. The Morgan fingerprint density at radius 1 is 1.22 bits per heavy atom. The predicted octanol–water partition coefficient (Wildman–Crippen LogP) is 2.64. The SMILES string of the molecule is CCCn1ncnc1CC(NCC)C(CC)CC. The molecular formula is C14H28N4. The highest BCUT2D eigenvalue weighted by atomic mass is 15.3. The van der Waals surface area contributed by atoms with E-state index in [4.69, 9.17) is 0 Å². The van der Waals surface area contributed by atoms with E-state index in [-0.39, 0.29) is 0 Å². The van der Waals surface area contributed by atoms with Crippen LogP contribution in [0.2, 0.25) is 0 Å². The van der Waals surface area contributed by atoms with Crippen molar-refractivity contribution in [2.45, 2.75) is 66.0 Å². The minimum atomic E-state index is 0.518. The molecule has 0 amide bonds. The van der Waals surface area contributed by atoms with Gasteiger partial charge in [-0.25, -0.2) is 4.98 Å². The number of rotatable bonds is 9. The number of hydrogen-bond donors (Lipinski definition) is 1. The van der Waals surface area contributed by atoms with Crippen molar-refractivity contribution in [3.05, 3.63) is 12.2 Å². The van der Waals surface area contributed by atoms with E-state index in [2.05, 4.69) is 43.1 Å². The fourth-order valence-electron chi connectivity index (χ4n) is 2.57. The number of nitrogens with one attached hydrogen (secondary N) is 1. The second kappa shape index (κ2) is 8.25. The smallest absolute Gasteiger partial charge is 0.138 e. The van der Waals surface area contributed by atoms with Crippen LogP contribution >= 0.6 is 0 Å². The highest BCUT2D eigenvalue weighted by molar-refractivity contribution is 4.92. The van der Waals surface area contributed by atoms with Crippen molar-refractivity contribution in [1.82, 2.24) is 20.1 Å². The Morgan fingerprint density at radius 3 is 2.50 bits per heavy atom. The van der Waals surface area contributed by atoms with Crippen LogP contribution in [0.4, 0.5) is 0 Å². The molecule has 0 aromatic carbocycles. The molecule has 0 aliphatic carbocycles. The Hall–Kier alpha value is -0.900. The summed E-state index contributed by atoms with van der Waals surface area (Å²) in [5.41, 5.74) is 0. The summed E-state index contributed by atoms with van der Waals surface area (Å²) in [5, 5.41) is 7.92. The molecule has 1 rings (SSSR count). The minimum absolute atomic E-state index is 0.518. The first-order chi connectivity index (χ1) is 8.76. The van der Waals surface area contributed by atoms with Gasteiger partial charge in [-0.2, -0.15) is 5.10 Å². The van der Waals surface area contributed by atoms with E-state index in [0.29, 0.717) is 6.04 Å². The molecule has 104 valence electrons. The highest BCUT2D eigenvalue weighted by Gasteiger charge is 2.20. The van der Waals surface area contributed by atoms with Crippen molar-refractivity contribution in [2.24, 2.45) is 5.92 Å². The highest BCUT2D eigenvalue weighted by Crippen LogP contribution is 2.16. The molecule has 0 saturated heterocycles. The summed E-state index contributed by atoms with van der Waals surface area (Å²) in [5.74, 6) is 1.84. The lowest BCUT2D eigenvalue weighted by molar-refractivity contribution is 0.328. The van der Waals surface area contributed by atoms with Gasteiger partial charge in [0.05, 0.1) is 0 Å². The van der Waals surface area contributed by atoms with Gasteiger partial charge >= 0.3 is 0 Å².